The molecule has 0 bridgehead atoms. The molecule has 0 aliphatic carbocycles. The lowest BCUT2D eigenvalue weighted by Crippen LogP contribution is -2.28. The van der Waals surface area contributed by atoms with E-state index in [1.165, 1.54) is 29.0 Å². The Morgan fingerprint density at radius 3 is 2.71 bits per heavy atom. The maximum Gasteiger partial charge on any atom is 0.269 e. The molecule has 0 aliphatic heterocycles. The number of carbonyl (C=O) groups excluding carboxylic acids is 1. The van der Waals surface area contributed by atoms with Gasteiger partial charge in [0.25, 0.3) is 5.56 Å². The van der Waals surface area contributed by atoms with E-state index < -0.39 is 21.5 Å². The fraction of sp³-hybridized carbons (Fsp3) is 0.0952. The molecule has 0 spiro atoms. The summed E-state index contributed by atoms with van der Waals surface area (Å²) >= 11 is 0. The molecule has 0 unspecified atom stereocenters. The summed E-state index contributed by atoms with van der Waals surface area (Å²) < 4.78 is 33.9. The summed E-state index contributed by atoms with van der Waals surface area (Å²) in [4.78, 5) is 28.8. The van der Waals surface area contributed by atoms with Gasteiger partial charge < -0.3 is 9.73 Å². The number of benzene rings is 2. The normalized spacial score (nSPS) is 11.5. The summed E-state index contributed by atoms with van der Waals surface area (Å²) in [6.07, 6.45) is 2.62. The van der Waals surface area contributed by atoms with E-state index in [-0.39, 0.29) is 23.7 Å². The predicted octanol–water partition coefficient (Wildman–Crippen LogP) is 2.11. The van der Waals surface area contributed by atoms with Crippen molar-refractivity contribution in [2.45, 2.75) is 18.0 Å². The lowest BCUT2D eigenvalue weighted by molar-refractivity contribution is -0.116. The number of hydrogen-bond donors (Lipinski definition) is 2. The summed E-state index contributed by atoms with van der Waals surface area (Å²) in [5.41, 5.74) is 0.999. The van der Waals surface area contributed by atoms with E-state index in [4.69, 9.17) is 4.42 Å². The molecule has 2 aromatic heterocycles. The van der Waals surface area contributed by atoms with Gasteiger partial charge in [-0.15, -0.1) is 0 Å². The fourth-order valence-electron chi connectivity index (χ4n) is 3.03. The minimum Gasteiger partial charge on any atom is -0.468 e. The maximum atomic E-state index is 12.6. The van der Waals surface area contributed by atoms with Crippen LogP contribution in [0.1, 0.15) is 5.76 Å². The third-order valence-electron chi connectivity index (χ3n) is 4.50. The average molecular weight is 438 g/mol. The molecule has 2 heterocycles. The van der Waals surface area contributed by atoms with E-state index in [1.807, 2.05) is 0 Å². The number of furan rings is 1. The first-order valence-corrected chi connectivity index (χ1v) is 10.8. The van der Waals surface area contributed by atoms with Gasteiger partial charge in [0.2, 0.25) is 15.9 Å². The zero-order chi connectivity index (χ0) is 21.8. The van der Waals surface area contributed by atoms with Gasteiger partial charge in [0.15, 0.2) is 0 Å². The van der Waals surface area contributed by atoms with Crippen molar-refractivity contribution in [2.75, 3.05) is 5.32 Å². The molecule has 158 valence electrons. The van der Waals surface area contributed by atoms with Gasteiger partial charge in [0, 0.05) is 5.69 Å². The largest absolute Gasteiger partial charge is 0.468 e. The van der Waals surface area contributed by atoms with Crippen molar-refractivity contribution in [3.63, 3.8) is 0 Å². The van der Waals surface area contributed by atoms with Crippen LogP contribution in [0, 0.1) is 0 Å². The Morgan fingerprint density at radius 1 is 1.06 bits per heavy atom. The van der Waals surface area contributed by atoms with Gasteiger partial charge in [-0.2, -0.15) is 0 Å². The summed E-state index contributed by atoms with van der Waals surface area (Å²) in [6, 6.07) is 16.2. The van der Waals surface area contributed by atoms with Crippen LogP contribution in [0.4, 0.5) is 5.69 Å². The van der Waals surface area contributed by atoms with Crippen LogP contribution in [0.15, 0.2) is 87.2 Å². The molecule has 10 heteroatoms. The molecule has 0 atom stereocenters. The van der Waals surface area contributed by atoms with E-state index in [0.29, 0.717) is 16.8 Å². The molecule has 0 saturated carbocycles. The maximum absolute atomic E-state index is 12.6. The lowest BCUT2D eigenvalue weighted by Gasteiger charge is -2.11. The Labute approximate surface area is 177 Å². The van der Waals surface area contributed by atoms with Crippen LogP contribution < -0.4 is 15.6 Å². The number of fused-ring (bicyclic) bond motifs is 1. The Balaban J connectivity index is 1.50. The number of nitrogens with one attached hydrogen (secondary N) is 2. The van der Waals surface area contributed by atoms with E-state index in [0.717, 1.165) is 6.20 Å². The number of anilines is 1. The van der Waals surface area contributed by atoms with Gasteiger partial charge in [0.1, 0.15) is 12.3 Å². The van der Waals surface area contributed by atoms with Crippen LogP contribution in [-0.4, -0.2) is 23.9 Å². The second-order valence-electron chi connectivity index (χ2n) is 6.65. The summed E-state index contributed by atoms with van der Waals surface area (Å²) in [5.74, 6) is -0.000373. The Bertz CT molecular complexity index is 1390. The van der Waals surface area contributed by atoms with Crippen molar-refractivity contribution in [3.8, 4) is 0 Å². The zero-order valence-corrected chi connectivity index (χ0v) is 17.0. The van der Waals surface area contributed by atoms with Crippen molar-refractivity contribution in [3.05, 3.63) is 89.2 Å². The van der Waals surface area contributed by atoms with Gasteiger partial charge in [-0.1, -0.05) is 18.2 Å². The smallest absolute Gasteiger partial charge is 0.269 e. The van der Waals surface area contributed by atoms with Crippen LogP contribution in [0.25, 0.3) is 11.0 Å². The number of amides is 1. The summed E-state index contributed by atoms with van der Waals surface area (Å²) in [7, 11) is -3.81. The van der Waals surface area contributed by atoms with E-state index in [2.05, 4.69) is 15.0 Å². The fourth-order valence-corrected chi connectivity index (χ4v) is 4.06. The molecule has 1 amide bonds. The molecule has 4 rings (SSSR count). The molecule has 0 radical (unpaired) electrons. The van der Waals surface area contributed by atoms with Gasteiger partial charge in [-0.3, -0.25) is 14.2 Å². The first kappa shape index (κ1) is 20.5. The monoisotopic (exact) mass is 438 g/mol. The molecule has 2 aromatic carbocycles. The molecule has 4 aromatic rings. The SMILES string of the molecule is O=C(Cn1c(=O)cnc2ccccc21)Nc1cccc(S(=O)(=O)NCc2ccco2)c1. The van der Waals surface area contributed by atoms with Gasteiger partial charge in [0.05, 0.1) is 34.9 Å². The van der Waals surface area contributed by atoms with Crippen LogP contribution in [0.3, 0.4) is 0 Å². The molecule has 0 aliphatic rings. The average Bonchev–Trinajstić information content (AvgIpc) is 3.28. The highest BCUT2D eigenvalue weighted by molar-refractivity contribution is 7.89. The van der Waals surface area contributed by atoms with E-state index >= 15 is 0 Å². The summed E-state index contributed by atoms with van der Waals surface area (Å²) in [6.45, 7) is -0.237. The number of sulfonamides is 1. The standard InChI is InChI=1S/C21H18N4O5S/c26-20(14-25-19-9-2-1-8-18(19)22-13-21(25)27)24-15-5-3-7-17(11-15)31(28,29)23-12-16-6-4-10-30-16/h1-11,13,23H,12,14H2,(H,24,26). The Morgan fingerprint density at radius 2 is 1.90 bits per heavy atom. The first-order chi connectivity index (χ1) is 14.9. The number of carbonyl (C=O) groups is 1. The molecular weight excluding hydrogens is 420 g/mol. The number of aromatic nitrogens is 2. The zero-order valence-electron chi connectivity index (χ0n) is 16.2. The number of para-hydroxylation sites is 2. The quantitative estimate of drug-likeness (QED) is 0.456. The minimum atomic E-state index is -3.81. The molecule has 0 fully saturated rings. The van der Waals surface area contributed by atoms with Gasteiger partial charge >= 0.3 is 0 Å². The van der Waals surface area contributed by atoms with Crippen molar-refractivity contribution in [1.29, 1.82) is 0 Å². The van der Waals surface area contributed by atoms with Crippen molar-refractivity contribution in [1.82, 2.24) is 14.3 Å². The van der Waals surface area contributed by atoms with Crippen LogP contribution in [0.2, 0.25) is 0 Å². The molecule has 31 heavy (non-hydrogen) atoms. The Kier molecular flexibility index (Phi) is 5.65. The van der Waals surface area contributed by atoms with Crippen molar-refractivity contribution in [2.24, 2.45) is 0 Å². The second kappa shape index (κ2) is 8.54. The number of nitrogens with zero attached hydrogens (tertiary/aromatic N) is 2. The van der Waals surface area contributed by atoms with Crippen molar-refractivity contribution >= 4 is 32.7 Å². The van der Waals surface area contributed by atoms with E-state index in [9.17, 15) is 18.0 Å². The van der Waals surface area contributed by atoms with Gasteiger partial charge in [-0.05, 0) is 42.5 Å². The lowest BCUT2D eigenvalue weighted by atomic mass is 10.3. The number of hydrogen-bond acceptors (Lipinski definition) is 6. The molecule has 2 N–H and O–H groups in total. The van der Waals surface area contributed by atoms with Crippen LogP contribution in [0.5, 0.6) is 0 Å². The summed E-state index contributed by atoms with van der Waals surface area (Å²) in [5, 5.41) is 2.63. The molecule has 0 saturated heterocycles. The number of rotatable bonds is 7. The minimum absolute atomic E-state index is 0.00392. The molecular formula is C21H18N4O5S. The highest BCUT2D eigenvalue weighted by atomic mass is 32.2. The third kappa shape index (κ3) is 4.71. The van der Waals surface area contributed by atoms with Crippen molar-refractivity contribution < 1.29 is 17.6 Å². The van der Waals surface area contributed by atoms with E-state index in [1.54, 1.807) is 42.5 Å². The van der Waals surface area contributed by atoms with Crippen LogP contribution >= 0.6 is 0 Å². The highest BCUT2D eigenvalue weighted by Crippen LogP contribution is 2.16. The topological polar surface area (TPSA) is 123 Å². The predicted molar refractivity (Wildman–Crippen MR) is 114 cm³/mol. The third-order valence-corrected chi connectivity index (χ3v) is 5.90. The van der Waals surface area contributed by atoms with Gasteiger partial charge in [-0.25, -0.2) is 18.1 Å². The first-order valence-electron chi connectivity index (χ1n) is 9.29. The Hall–Kier alpha value is -3.76. The highest BCUT2D eigenvalue weighted by Gasteiger charge is 2.16. The second-order valence-corrected chi connectivity index (χ2v) is 8.42. The molecule has 9 nitrogen and oxygen atoms in total. The van der Waals surface area contributed by atoms with Crippen LogP contribution in [-0.2, 0) is 27.9 Å².